The first kappa shape index (κ1) is 7.16. The molecule has 1 heterocycles. The van der Waals surface area contributed by atoms with Crippen molar-refractivity contribution in [2.45, 2.75) is 13.3 Å². The molecule has 9 heavy (non-hydrogen) atoms. The molecular formula is C7H13NS. The lowest BCUT2D eigenvalue weighted by Gasteiger charge is -2.21. The predicted octanol–water partition coefficient (Wildman–Crippen LogP) is 1.92. The van der Waals surface area contributed by atoms with Gasteiger partial charge in [0.2, 0.25) is 0 Å². The fourth-order valence-electron chi connectivity index (χ4n) is 0.918. The number of hydrogen-bond acceptors (Lipinski definition) is 2. The van der Waals surface area contributed by atoms with Crippen LogP contribution in [0.4, 0.5) is 0 Å². The van der Waals surface area contributed by atoms with E-state index in [0.29, 0.717) is 0 Å². The second-order valence-electron chi connectivity index (χ2n) is 2.37. The summed E-state index contributed by atoms with van der Waals surface area (Å²) in [4.78, 5) is 0. The molecule has 0 radical (unpaired) electrons. The van der Waals surface area contributed by atoms with Crippen molar-refractivity contribution in [2.75, 3.05) is 19.3 Å². The first-order valence-corrected chi connectivity index (χ1v) is 4.46. The predicted molar refractivity (Wildman–Crippen MR) is 43.5 cm³/mol. The first-order chi connectivity index (χ1) is 4.33. The highest BCUT2D eigenvalue weighted by Gasteiger charge is 2.05. The molecule has 0 N–H and O–H groups in total. The first-order valence-electron chi connectivity index (χ1n) is 3.27. The summed E-state index contributed by atoms with van der Waals surface area (Å²) in [6, 6.07) is 0. The largest absolute Gasteiger partial charge is 0.247 e. The van der Waals surface area contributed by atoms with E-state index in [0.717, 1.165) is 6.54 Å². The van der Waals surface area contributed by atoms with Gasteiger partial charge in [-0.3, -0.25) is 0 Å². The summed E-state index contributed by atoms with van der Waals surface area (Å²) in [5.41, 5.74) is 1.54. The van der Waals surface area contributed by atoms with Crippen LogP contribution in [0.1, 0.15) is 13.3 Å². The Hall–Kier alpha value is 0.0500. The van der Waals surface area contributed by atoms with Gasteiger partial charge >= 0.3 is 0 Å². The lowest BCUT2D eigenvalue weighted by Crippen LogP contribution is -2.20. The van der Waals surface area contributed by atoms with Crippen LogP contribution < -0.4 is 0 Å². The molecule has 0 bridgehead atoms. The summed E-state index contributed by atoms with van der Waals surface area (Å²) in [5.74, 6) is 0. The van der Waals surface area contributed by atoms with Crippen molar-refractivity contribution >= 4 is 11.9 Å². The lowest BCUT2D eigenvalue weighted by atomic mass is 10.1. The van der Waals surface area contributed by atoms with Crippen molar-refractivity contribution in [1.29, 1.82) is 0 Å². The SMILES string of the molecule is CSN1CC=C(C)CC1. The van der Waals surface area contributed by atoms with Crippen LogP contribution in [-0.2, 0) is 0 Å². The Balaban J connectivity index is 2.36. The molecule has 0 aliphatic carbocycles. The molecule has 52 valence electrons. The van der Waals surface area contributed by atoms with Crippen LogP contribution in [0, 0.1) is 0 Å². The van der Waals surface area contributed by atoms with Gasteiger partial charge in [-0.15, -0.1) is 0 Å². The van der Waals surface area contributed by atoms with Crippen molar-refractivity contribution in [3.8, 4) is 0 Å². The normalized spacial score (nSPS) is 21.8. The van der Waals surface area contributed by atoms with Crippen LogP contribution in [-0.4, -0.2) is 23.7 Å². The van der Waals surface area contributed by atoms with E-state index in [9.17, 15) is 0 Å². The highest BCUT2D eigenvalue weighted by Crippen LogP contribution is 2.14. The van der Waals surface area contributed by atoms with E-state index in [1.165, 1.54) is 13.0 Å². The van der Waals surface area contributed by atoms with Gasteiger partial charge in [-0.1, -0.05) is 23.6 Å². The molecule has 0 unspecified atom stereocenters. The van der Waals surface area contributed by atoms with Crippen LogP contribution in [0.3, 0.4) is 0 Å². The summed E-state index contributed by atoms with van der Waals surface area (Å²) < 4.78 is 2.37. The Labute approximate surface area is 61.3 Å². The van der Waals surface area contributed by atoms with Gasteiger partial charge in [-0.25, -0.2) is 4.31 Å². The zero-order valence-electron chi connectivity index (χ0n) is 6.05. The third-order valence-electron chi connectivity index (χ3n) is 1.66. The maximum atomic E-state index is 2.37. The minimum Gasteiger partial charge on any atom is -0.247 e. The van der Waals surface area contributed by atoms with Crippen LogP contribution in [0.5, 0.6) is 0 Å². The van der Waals surface area contributed by atoms with E-state index in [1.54, 1.807) is 5.57 Å². The van der Waals surface area contributed by atoms with Crippen molar-refractivity contribution in [1.82, 2.24) is 4.31 Å². The summed E-state index contributed by atoms with van der Waals surface area (Å²) in [7, 11) is 0. The van der Waals surface area contributed by atoms with Gasteiger partial charge in [0.05, 0.1) is 0 Å². The Morgan fingerprint density at radius 3 is 2.89 bits per heavy atom. The standard InChI is InChI=1S/C7H13NS/c1-7-3-5-8(9-2)6-4-7/h3H,4-6H2,1-2H3. The van der Waals surface area contributed by atoms with Crippen molar-refractivity contribution in [3.05, 3.63) is 11.6 Å². The van der Waals surface area contributed by atoms with Crippen molar-refractivity contribution < 1.29 is 0 Å². The highest BCUT2D eigenvalue weighted by atomic mass is 32.2. The average molecular weight is 143 g/mol. The molecule has 1 nitrogen and oxygen atoms in total. The number of hydrogen-bond donors (Lipinski definition) is 0. The molecular weight excluding hydrogens is 130 g/mol. The van der Waals surface area contributed by atoms with Crippen LogP contribution in [0.15, 0.2) is 11.6 Å². The summed E-state index contributed by atoms with van der Waals surface area (Å²) in [6.45, 7) is 4.56. The lowest BCUT2D eigenvalue weighted by molar-refractivity contribution is 0.501. The smallest absolute Gasteiger partial charge is 0.0273 e. The maximum absolute atomic E-state index is 2.37. The molecule has 0 fully saturated rings. The van der Waals surface area contributed by atoms with Crippen LogP contribution in [0.25, 0.3) is 0 Å². The molecule has 0 spiro atoms. The Morgan fingerprint density at radius 2 is 2.44 bits per heavy atom. The molecule has 0 saturated heterocycles. The molecule has 1 rings (SSSR count). The van der Waals surface area contributed by atoms with Crippen molar-refractivity contribution in [2.24, 2.45) is 0 Å². The van der Waals surface area contributed by atoms with E-state index in [4.69, 9.17) is 0 Å². The maximum Gasteiger partial charge on any atom is 0.0273 e. The third kappa shape index (κ3) is 2.03. The van der Waals surface area contributed by atoms with Gasteiger partial charge in [0.1, 0.15) is 0 Å². The summed E-state index contributed by atoms with van der Waals surface area (Å²) in [6.07, 6.45) is 5.69. The van der Waals surface area contributed by atoms with Crippen molar-refractivity contribution in [3.63, 3.8) is 0 Å². The van der Waals surface area contributed by atoms with E-state index in [1.807, 2.05) is 11.9 Å². The molecule has 0 aromatic carbocycles. The average Bonchev–Trinajstić information content (AvgIpc) is 1.90. The molecule has 1 aliphatic heterocycles. The monoisotopic (exact) mass is 143 g/mol. The van der Waals surface area contributed by atoms with Crippen LogP contribution in [0.2, 0.25) is 0 Å². The van der Waals surface area contributed by atoms with Gasteiger partial charge in [-0.05, 0) is 19.6 Å². The Morgan fingerprint density at radius 1 is 1.67 bits per heavy atom. The summed E-state index contributed by atoms with van der Waals surface area (Å²) in [5, 5.41) is 0. The molecule has 1 aliphatic rings. The van der Waals surface area contributed by atoms with Gasteiger partial charge in [0.15, 0.2) is 0 Å². The Bertz CT molecular complexity index is 120. The van der Waals surface area contributed by atoms with E-state index in [2.05, 4.69) is 23.6 Å². The van der Waals surface area contributed by atoms with Gasteiger partial charge in [0.25, 0.3) is 0 Å². The second kappa shape index (κ2) is 3.28. The fourth-order valence-corrected chi connectivity index (χ4v) is 1.42. The topological polar surface area (TPSA) is 3.24 Å². The van der Waals surface area contributed by atoms with Gasteiger partial charge in [-0.2, -0.15) is 0 Å². The quantitative estimate of drug-likeness (QED) is 0.407. The Kier molecular flexibility index (Phi) is 2.61. The van der Waals surface area contributed by atoms with E-state index < -0.39 is 0 Å². The van der Waals surface area contributed by atoms with Gasteiger partial charge in [0, 0.05) is 13.1 Å². The zero-order chi connectivity index (χ0) is 6.69. The third-order valence-corrected chi connectivity index (χ3v) is 2.51. The summed E-state index contributed by atoms with van der Waals surface area (Å²) >= 11 is 1.84. The minimum absolute atomic E-state index is 1.13. The second-order valence-corrected chi connectivity index (χ2v) is 3.25. The molecule has 0 atom stereocenters. The molecule has 0 saturated carbocycles. The van der Waals surface area contributed by atoms with Gasteiger partial charge < -0.3 is 0 Å². The fraction of sp³-hybridized carbons (Fsp3) is 0.714. The zero-order valence-corrected chi connectivity index (χ0v) is 6.87. The van der Waals surface area contributed by atoms with Crippen LogP contribution >= 0.6 is 11.9 Å². The minimum atomic E-state index is 1.13. The molecule has 2 heteroatoms. The number of rotatable bonds is 1. The highest BCUT2D eigenvalue weighted by molar-refractivity contribution is 7.96. The molecule has 0 aromatic rings. The molecule has 0 aromatic heterocycles. The van der Waals surface area contributed by atoms with E-state index >= 15 is 0 Å². The van der Waals surface area contributed by atoms with E-state index in [-0.39, 0.29) is 0 Å². The number of nitrogens with zero attached hydrogens (tertiary/aromatic N) is 1. The molecule has 0 amide bonds.